The number of fused-ring (bicyclic) bond motifs is 1. The van der Waals surface area contributed by atoms with Crippen molar-refractivity contribution in [3.05, 3.63) is 32.9 Å². The molecule has 1 aromatic carbocycles. The Bertz CT molecular complexity index is 479. The Balaban J connectivity index is 2.49. The van der Waals surface area contributed by atoms with Crippen molar-refractivity contribution in [2.75, 3.05) is 6.54 Å². The van der Waals surface area contributed by atoms with E-state index in [1.54, 1.807) is 0 Å². The van der Waals surface area contributed by atoms with E-state index in [2.05, 4.69) is 50.2 Å². The van der Waals surface area contributed by atoms with Crippen LogP contribution < -0.4 is 5.32 Å². The van der Waals surface area contributed by atoms with Crippen LogP contribution in [0.1, 0.15) is 12.5 Å². The molecule has 15 heavy (non-hydrogen) atoms. The van der Waals surface area contributed by atoms with Crippen LogP contribution >= 0.6 is 31.9 Å². The zero-order valence-electron chi connectivity index (χ0n) is 8.31. The minimum absolute atomic E-state index is 0.840. The summed E-state index contributed by atoms with van der Waals surface area (Å²) in [5.74, 6) is 0. The van der Waals surface area contributed by atoms with Crippen molar-refractivity contribution in [1.82, 2.24) is 5.32 Å². The van der Waals surface area contributed by atoms with Crippen LogP contribution in [-0.4, -0.2) is 6.54 Å². The predicted octanol–water partition coefficient (Wildman–Crippen LogP) is 4.07. The average Bonchev–Trinajstić information content (AvgIpc) is 2.58. The molecule has 0 fully saturated rings. The Hall–Kier alpha value is -0.320. The zero-order valence-corrected chi connectivity index (χ0v) is 11.5. The van der Waals surface area contributed by atoms with E-state index in [0.717, 1.165) is 33.0 Å². The van der Waals surface area contributed by atoms with Crippen molar-refractivity contribution in [3.8, 4) is 0 Å². The van der Waals surface area contributed by atoms with Gasteiger partial charge in [0.25, 0.3) is 0 Å². The van der Waals surface area contributed by atoms with Gasteiger partial charge in [0, 0.05) is 22.0 Å². The third kappa shape index (κ3) is 2.27. The molecule has 2 nitrogen and oxygen atoms in total. The lowest BCUT2D eigenvalue weighted by Gasteiger charge is -1.99. The van der Waals surface area contributed by atoms with Gasteiger partial charge in [0.1, 0.15) is 5.58 Å². The topological polar surface area (TPSA) is 25.2 Å². The largest absolute Gasteiger partial charge is 0.463 e. The van der Waals surface area contributed by atoms with Crippen molar-refractivity contribution in [3.63, 3.8) is 0 Å². The van der Waals surface area contributed by atoms with Crippen LogP contribution in [0.15, 0.2) is 31.8 Å². The maximum Gasteiger partial charge on any atom is 0.148 e. The summed E-state index contributed by atoms with van der Waals surface area (Å²) in [6.07, 6.45) is 1.81. The minimum atomic E-state index is 0.840. The molecule has 2 rings (SSSR count). The molecule has 0 atom stereocenters. The Morgan fingerprint density at radius 3 is 2.87 bits per heavy atom. The highest BCUT2D eigenvalue weighted by molar-refractivity contribution is 9.11. The molecule has 0 aliphatic rings. The standard InChI is InChI=1S/C11H11Br2NO/c1-2-14-5-7-6-15-11-9(7)3-8(12)4-10(11)13/h3-4,6,14H,2,5H2,1H3. The lowest BCUT2D eigenvalue weighted by molar-refractivity contribution is 0.603. The molecule has 0 radical (unpaired) electrons. The molecular formula is C11H11Br2NO. The molecular weight excluding hydrogens is 322 g/mol. The number of rotatable bonds is 3. The maximum atomic E-state index is 5.52. The van der Waals surface area contributed by atoms with Crippen molar-refractivity contribution in [2.45, 2.75) is 13.5 Å². The van der Waals surface area contributed by atoms with E-state index in [0.29, 0.717) is 0 Å². The van der Waals surface area contributed by atoms with E-state index in [-0.39, 0.29) is 0 Å². The summed E-state index contributed by atoms with van der Waals surface area (Å²) in [4.78, 5) is 0. The molecule has 4 heteroatoms. The molecule has 0 saturated heterocycles. The molecule has 0 spiro atoms. The molecule has 0 aliphatic heterocycles. The third-order valence-electron chi connectivity index (χ3n) is 2.24. The van der Waals surface area contributed by atoms with Gasteiger partial charge in [0.05, 0.1) is 10.7 Å². The molecule has 2 aromatic rings. The van der Waals surface area contributed by atoms with Gasteiger partial charge in [-0.05, 0) is 34.6 Å². The number of hydrogen-bond donors (Lipinski definition) is 1. The lowest BCUT2D eigenvalue weighted by Crippen LogP contribution is -2.11. The van der Waals surface area contributed by atoms with Gasteiger partial charge in [-0.15, -0.1) is 0 Å². The van der Waals surface area contributed by atoms with Gasteiger partial charge in [-0.25, -0.2) is 0 Å². The quantitative estimate of drug-likeness (QED) is 0.916. The van der Waals surface area contributed by atoms with Crippen molar-refractivity contribution >= 4 is 42.8 Å². The van der Waals surface area contributed by atoms with Crippen LogP contribution in [0.4, 0.5) is 0 Å². The molecule has 0 saturated carbocycles. The Labute approximate surface area is 105 Å². The summed E-state index contributed by atoms with van der Waals surface area (Å²) >= 11 is 6.96. The Morgan fingerprint density at radius 1 is 1.33 bits per heavy atom. The second-order valence-corrected chi connectivity index (χ2v) is 5.08. The molecule has 1 aromatic heterocycles. The molecule has 0 unspecified atom stereocenters. The molecule has 1 heterocycles. The molecule has 0 amide bonds. The fourth-order valence-electron chi connectivity index (χ4n) is 1.51. The fourth-order valence-corrected chi connectivity index (χ4v) is 2.83. The molecule has 0 aliphatic carbocycles. The van der Waals surface area contributed by atoms with E-state index in [1.165, 1.54) is 5.56 Å². The smallest absolute Gasteiger partial charge is 0.148 e. The second kappa shape index (κ2) is 4.68. The molecule has 0 bridgehead atoms. The molecule has 1 N–H and O–H groups in total. The number of hydrogen-bond acceptors (Lipinski definition) is 2. The van der Waals surface area contributed by atoms with Crippen LogP contribution in [0.25, 0.3) is 11.0 Å². The van der Waals surface area contributed by atoms with Crippen LogP contribution in [-0.2, 0) is 6.54 Å². The van der Waals surface area contributed by atoms with E-state index in [9.17, 15) is 0 Å². The first kappa shape index (κ1) is 11.2. The summed E-state index contributed by atoms with van der Waals surface area (Å²) in [5, 5.41) is 4.44. The lowest BCUT2D eigenvalue weighted by atomic mass is 10.2. The predicted molar refractivity (Wildman–Crippen MR) is 69.0 cm³/mol. The summed E-state index contributed by atoms with van der Waals surface area (Å²) in [5.41, 5.74) is 2.10. The monoisotopic (exact) mass is 331 g/mol. The van der Waals surface area contributed by atoms with Gasteiger partial charge in [-0.1, -0.05) is 22.9 Å². The normalized spacial score (nSPS) is 11.1. The second-order valence-electron chi connectivity index (χ2n) is 3.31. The van der Waals surface area contributed by atoms with Gasteiger partial charge in [-0.2, -0.15) is 0 Å². The maximum absolute atomic E-state index is 5.52. The highest BCUT2D eigenvalue weighted by Crippen LogP contribution is 2.31. The van der Waals surface area contributed by atoms with E-state index in [1.807, 2.05) is 12.3 Å². The SMILES string of the molecule is CCNCc1coc2c(Br)cc(Br)cc12. The number of benzene rings is 1. The van der Waals surface area contributed by atoms with Gasteiger partial charge in [0.2, 0.25) is 0 Å². The first-order valence-electron chi connectivity index (χ1n) is 4.78. The summed E-state index contributed by atoms with van der Waals surface area (Å²) < 4.78 is 7.56. The molecule has 80 valence electrons. The third-order valence-corrected chi connectivity index (χ3v) is 3.29. The first-order chi connectivity index (χ1) is 7.22. The summed E-state index contributed by atoms with van der Waals surface area (Å²) in [6.45, 7) is 3.89. The summed E-state index contributed by atoms with van der Waals surface area (Å²) in [7, 11) is 0. The highest BCUT2D eigenvalue weighted by atomic mass is 79.9. The number of furan rings is 1. The zero-order chi connectivity index (χ0) is 10.8. The number of halogens is 2. The van der Waals surface area contributed by atoms with Crippen LogP contribution in [0.3, 0.4) is 0 Å². The summed E-state index contributed by atoms with van der Waals surface area (Å²) in [6, 6.07) is 4.07. The van der Waals surface area contributed by atoms with Crippen LogP contribution in [0.2, 0.25) is 0 Å². The van der Waals surface area contributed by atoms with Crippen LogP contribution in [0, 0.1) is 0 Å². The van der Waals surface area contributed by atoms with Crippen LogP contribution in [0.5, 0.6) is 0 Å². The van der Waals surface area contributed by atoms with Crippen molar-refractivity contribution in [1.29, 1.82) is 0 Å². The van der Waals surface area contributed by atoms with E-state index < -0.39 is 0 Å². The fraction of sp³-hybridized carbons (Fsp3) is 0.273. The highest BCUT2D eigenvalue weighted by Gasteiger charge is 2.09. The van der Waals surface area contributed by atoms with Gasteiger partial charge in [0.15, 0.2) is 0 Å². The van der Waals surface area contributed by atoms with Gasteiger partial charge < -0.3 is 9.73 Å². The van der Waals surface area contributed by atoms with E-state index in [4.69, 9.17) is 4.42 Å². The Morgan fingerprint density at radius 2 is 2.13 bits per heavy atom. The minimum Gasteiger partial charge on any atom is -0.463 e. The first-order valence-corrected chi connectivity index (χ1v) is 6.36. The van der Waals surface area contributed by atoms with Crippen molar-refractivity contribution < 1.29 is 4.42 Å². The van der Waals surface area contributed by atoms with Crippen molar-refractivity contribution in [2.24, 2.45) is 0 Å². The Kier molecular flexibility index (Phi) is 3.49. The van der Waals surface area contributed by atoms with E-state index >= 15 is 0 Å². The van der Waals surface area contributed by atoms with Gasteiger partial charge in [-0.3, -0.25) is 0 Å². The average molecular weight is 333 g/mol. The number of nitrogens with one attached hydrogen (secondary N) is 1. The van der Waals surface area contributed by atoms with Gasteiger partial charge >= 0.3 is 0 Å².